The van der Waals surface area contributed by atoms with E-state index in [2.05, 4.69) is 10.3 Å². The Labute approximate surface area is 150 Å². The number of nitrogens with zero attached hydrogens (tertiary/aromatic N) is 2. The molecule has 3 aromatic rings. The molecule has 0 radical (unpaired) electrons. The second-order valence-corrected chi connectivity index (χ2v) is 6.99. The molecule has 1 atom stereocenters. The molecule has 128 valence electrons. The summed E-state index contributed by atoms with van der Waals surface area (Å²) in [5.74, 6) is -0.420. The van der Waals surface area contributed by atoms with E-state index >= 15 is 0 Å². The maximum atomic E-state index is 13.5. The number of imidazole rings is 1. The van der Waals surface area contributed by atoms with Crippen molar-refractivity contribution < 1.29 is 9.18 Å². The number of rotatable bonds is 5. The minimum absolute atomic E-state index is 0.107. The average molecular weight is 355 g/mol. The normalized spacial score (nSPS) is 12.0. The van der Waals surface area contributed by atoms with E-state index in [1.54, 1.807) is 29.1 Å². The van der Waals surface area contributed by atoms with Crippen molar-refractivity contribution in [3.8, 4) is 5.69 Å². The van der Waals surface area contributed by atoms with Gasteiger partial charge >= 0.3 is 0 Å². The highest BCUT2D eigenvalue weighted by Gasteiger charge is 2.18. The minimum Gasteiger partial charge on any atom is -0.325 e. The van der Waals surface area contributed by atoms with Crippen LogP contribution in [0.3, 0.4) is 0 Å². The second kappa shape index (κ2) is 7.53. The van der Waals surface area contributed by atoms with Crippen molar-refractivity contribution in [3.05, 3.63) is 72.3 Å². The van der Waals surface area contributed by atoms with Crippen LogP contribution in [0.5, 0.6) is 0 Å². The molecule has 0 bridgehead atoms. The first kappa shape index (κ1) is 17.2. The van der Waals surface area contributed by atoms with Crippen molar-refractivity contribution in [1.82, 2.24) is 9.55 Å². The molecule has 0 fully saturated rings. The maximum absolute atomic E-state index is 13.5. The average Bonchev–Trinajstić information content (AvgIpc) is 3.03. The predicted molar refractivity (Wildman–Crippen MR) is 98.6 cm³/mol. The van der Waals surface area contributed by atoms with E-state index in [4.69, 9.17) is 0 Å². The smallest absolute Gasteiger partial charge is 0.237 e. The molecule has 0 aliphatic heterocycles. The molecule has 6 heteroatoms. The zero-order valence-electron chi connectivity index (χ0n) is 13.9. The Morgan fingerprint density at radius 2 is 2.04 bits per heavy atom. The highest BCUT2D eigenvalue weighted by Crippen LogP contribution is 2.25. The van der Waals surface area contributed by atoms with Crippen LogP contribution in [0.15, 0.2) is 66.1 Å². The molecule has 0 unspecified atom stereocenters. The van der Waals surface area contributed by atoms with Gasteiger partial charge in [0.15, 0.2) is 5.16 Å². The van der Waals surface area contributed by atoms with Crippen molar-refractivity contribution in [2.24, 2.45) is 0 Å². The molecule has 1 N–H and O–H groups in total. The van der Waals surface area contributed by atoms with Gasteiger partial charge in [-0.05, 0) is 49.7 Å². The second-order valence-electron chi connectivity index (χ2n) is 5.68. The van der Waals surface area contributed by atoms with E-state index < -0.39 is 0 Å². The Morgan fingerprint density at radius 3 is 2.80 bits per heavy atom. The molecule has 0 aliphatic rings. The maximum Gasteiger partial charge on any atom is 0.237 e. The summed E-state index contributed by atoms with van der Waals surface area (Å²) < 4.78 is 15.2. The van der Waals surface area contributed by atoms with Crippen LogP contribution in [0.2, 0.25) is 0 Å². The predicted octanol–water partition coefficient (Wildman–Crippen LogP) is 4.44. The van der Waals surface area contributed by atoms with Crippen LogP contribution in [0.1, 0.15) is 12.5 Å². The number of carbonyl (C=O) groups is 1. The van der Waals surface area contributed by atoms with Crippen LogP contribution in [0.4, 0.5) is 10.1 Å². The third-order valence-electron chi connectivity index (χ3n) is 3.63. The molecule has 4 nitrogen and oxygen atoms in total. The number of hydrogen-bond donors (Lipinski definition) is 1. The van der Waals surface area contributed by atoms with Crippen LogP contribution in [-0.2, 0) is 4.79 Å². The van der Waals surface area contributed by atoms with Crippen molar-refractivity contribution >= 4 is 23.4 Å². The summed E-state index contributed by atoms with van der Waals surface area (Å²) in [5, 5.41) is 3.19. The lowest BCUT2D eigenvalue weighted by molar-refractivity contribution is -0.115. The molecule has 0 saturated heterocycles. The first-order chi connectivity index (χ1) is 12.0. The summed E-state index contributed by atoms with van der Waals surface area (Å²) in [6.45, 7) is 3.80. The number of anilines is 1. The Hall–Kier alpha value is -2.60. The van der Waals surface area contributed by atoms with Crippen LogP contribution in [-0.4, -0.2) is 20.7 Å². The summed E-state index contributed by atoms with van der Waals surface area (Å²) in [4.78, 5) is 16.7. The van der Waals surface area contributed by atoms with Gasteiger partial charge in [0.05, 0.1) is 10.9 Å². The fourth-order valence-corrected chi connectivity index (χ4v) is 3.26. The fraction of sp³-hybridized carbons (Fsp3) is 0.158. The van der Waals surface area contributed by atoms with Gasteiger partial charge in [-0.1, -0.05) is 30.0 Å². The topological polar surface area (TPSA) is 46.9 Å². The molecule has 0 aliphatic carbocycles. The van der Waals surface area contributed by atoms with Crippen molar-refractivity contribution in [2.45, 2.75) is 24.3 Å². The summed E-state index contributed by atoms with van der Waals surface area (Å²) in [6.07, 6.45) is 3.39. The van der Waals surface area contributed by atoms with E-state index in [0.29, 0.717) is 10.8 Å². The number of benzene rings is 2. The first-order valence-electron chi connectivity index (χ1n) is 7.86. The summed E-state index contributed by atoms with van der Waals surface area (Å²) in [6, 6.07) is 13.9. The zero-order valence-corrected chi connectivity index (χ0v) is 14.8. The number of halogens is 1. The zero-order chi connectivity index (χ0) is 17.8. The number of carbonyl (C=O) groups excluding carboxylic acids is 1. The van der Waals surface area contributed by atoms with Crippen molar-refractivity contribution in [2.75, 3.05) is 5.32 Å². The molecule has 2 aromatic carbocycles. The SMILES string of the molecule is Cc1cccc(NC(=O)[C@@H](C)Sc2nccn2-c2cccc(F)c2)c1. The molecular formula is C19H18FN3OS. The third-order valence-corrected chi connectivity index (χ3v) is 4.71. The van der Waals surface area contributed by atoms with Crippen molar-refractivity contribution in [3.63, 3.8) is 0 Å². The monoisotopic (exact) mass is 355 g/mol. The van der Waals surface area contributed by atoms with Crippen LogP contribution in [0.25, 0.3) is 5.69 Å². The van der Waals surface area contributed by atoms with Crippen LogP contribution < -0.4 is 5.32 Å². The molecular weight excluding hydrogens is 337 g/mol. The lowest BCUT2D eigenvalue weighted by Gasteiger charge is -2.13. The highest BCUT2D eigenvalue weighted by atomic mass is 32.2. The van der Waals surface area contributed by atoms with Gasteiger partial charge in [0, 0.05) is 18.1 Å². The van der Waals surface area contributed by atoms with Gasteiger partial charge < -0.3 is 5.32 Å². The highest BCUT2D eigenvalue weighted by molar-refractivity contribution is 8.00. The number of hydrogen-bond acceptors (Lipinski definition) is 3. The number of thioether (sulfide) groups is 1. The third kappa shape index (κ3) is 4.28. The Balaban J connectivity index is 1.72. The van der Waals surface area contributed by atoms with E-state index in [0.717, 1.165) is 11.3 Å². The van der Waals surface area contributed by atoms with Crippen LogP contribution >= 0.6 is 11.8 Å². The molecule has 1 aromatic heterocycles. The number of aromatic nitrogens is 2. The Bertz CT molecular complexity index is 894. The number of nitrogens with one attached hydrogen (secondary N) is 1. The van der Waals surface area contributed by atoms with E-state index in [1.807, 2.05) is 38.1 Å². The number of aryl methyl sites for hydroxylation is 1. The van der Waals surface area contributed by atoms with Crippen LogP contribution in [0, 0.1) is 12.7 Å². The summed E-state index contributed by atoms with van der Waals surface area (Å²) in [7, 11) is 0. The molecule has 0 saturated carbocycles. The van der Waals surface area contributed by atoms with Crippen molar-refractivity contribution in [1.29, 1.82) is 0 Å². The quantitative estimate of drug-likeness (QED) is 0.688. The first-order valence-corrected chi connectivity index (χ1v) is 8.74. The van der Waals surface area contributed by atoms with Gasteiger partial charge in [0.1, 0.15) is 5.82 Å². The van der Waals surface area contributed by atoms with Gasteiger partial charge in [0.25, 0.3) is 0 Å². The van der Waals surface area contributed by atoms with Gasteiger partial charge in [-0.15, -0.1) is 0 Å². The number of amides is 1. The lowest BCUT2D eigenvalue weighted by Crippen LogP contribution is -2.22. The van der Waals surface area contributed by atoms with Gasteiger partial charge in [-0.2, -0.15) is 0 Å². The summed E-state index contributed by atoms with van der Waals surface area (Å²) >= 11 is 1.33. The largest absolute Gasteiger partial charge is 0.325 e. The Kier molecular flexibility index (Phi) is 5.19. The minimum atomic E-state index is -0.352. The molecule has 0 spiro atoms. The van der Waals surface area contributed by atoms with Gasteiger partial charge in [0.2, 0.25) is 5.91 Å². The van der Waals surface area contributed by atoms with E-state index in [1.165, 1.54) is 23.9 Å². The molecule has 3 rings (SSSR count). The van der Waals surface area contributed by atoms with Gasteiger partial charge in [-0.3, -0.25) is 9.36 Å². The molecule has 25 heavy (non-hydrogen) atoms. The standard InChI is InChI=1S/C19H18FN3OS/c1-13-5-3-7-16(11-13)22-18(24)14(2)25-19-21-9-10-23(19)17-8-4-6-15(20)12-17/h3-12,14H,1-2H3,(H,22,24)/t14-/m1/s1. The van der Waals surface area contributed by atoms with E-state index in [9.17, 15) is 9.18 Å². The summed E-state index contributed by atoms with van der Waals surface area (Å²) in [5.41, 5.74) is 2.52. The van der Waals surface area contributed by atoms with E-state index in [-0.39, 0.29) is 17.0 Å². The Morgan fingerprint density at radius 1 is 1.24 bits per heavy atom. The molecule has 1 heterocycles. The van der Waals surface area contributed by atoms with Gasteiger partial charge in [-0.25, -0.2) is 9.37 Å². The fourth-order valence-electron chi connectivity index (χ4n) is 2.38. The molecule has 1 amide bonds. The lowest BCUT2D eigenvalue weighted by atomic mass is 10.2.